The third-order valence-electron chi connectivity index (χ3n) is 4.28. The average Bonchev–Trinajstić information content (AvgIpc) is 3.10. The molecular weight excluding hydrogens is 278 g/mol. The first-order chi connectivity index (χ1) is 9.35. The van der Waals surface area contributed by atoms with E-state index in [0.29, 0.717) is 5.88 Å². The zero-order valence-electron chi connectivity index (χ0n) is 11.4. The molecule has 2 aliphatic rings. The first-order valence-electron chi connectivity index (χ1n) is 7.33. The number of alkyl halides is 1. The number of nitrogens with zero attached hydrogens (tertiary/aromatic N) is 3. The lowest BCUT2D eigenvalue weighted by Crippen LogP contribution is -2.38. The highest BCUT2D eigenvalue weighted by molar-refractivity contribution is 7.13. The van der Waals surface area contributed by atoms with E-state index in [1.54, 1.807) is 11.3 Å². The van der Waals surface area contributed by atoms with E-state index in [4.69, 9.17) is 11.6 Å². The van der Waals surface area contributed by atoms with E-state index < -0.39 is 0 Å². The Balaban J connectivity index is 1.48. The molecule has 0 amide bonds. The third-order valence-corrected chi connectivity index (χ3v) is 5.50. The minimum atomic E-state index is 0.530. The van der Waals surface area contributed by atoms with Crippen LogP contribution < -0.4 is 4.90 Å². The molecule has 3 heterocycles. The fourth-order valence-electron chi connectivity index (χ4n) is 3.14. The van der Waals surface area contributed by atoms with E-state index in [-0.39, 0.29) is 0 Å². The van der Waals surface area contributed by atoms with Gasteiger partial charge in [0.15, 0.2) is 5.13 Å². The molecule has 0 N–H and O–H groups in total. The summed E-state index contributed by atoms with van der Waals surface area (Å²) in [5.41, 5.74) is 1.01. The number of hydrogen-bond acceptors (Lipinski definition) is 4. The Bertz CT molecular complexity index is 395. The van der Waals surface area contributed by atoms with Gasteiger partial charge in [0, 0.05) is 25.0 Å². The van der Waals surface area contributed by atoms with E-state index >= 15 is 0 Å². The molecule has 1 aromatic rings. The summed E-state index contributed by atoms with van der Waals surface area (Å²) in [6.45, 7) is 6.29. The predicted molar refractivity (Wildman–Crippen MR) is 82.3 cm³/mol. The molecule has 2 fully saturated rings. The maximum absolute atomic E-state index is 5.82. The lowest BCUT2D eigenvalue weighted by molar-refractivity contribution is 0.249. The van der Waals surface area contributed by atoms with Gasteiger partial charge in [0.1, 0.15) is 0 Å². The van der Waals surface area contributed by atoms with Gasteiger partial charge in [-0.05, 0) is 44.7 Å². The summed E-state index contributed by atoms with van der Waals surface area (Å²) in [5.74, 6) is 1.42. The minimum absolute atomic E-state index is 0.530. The number of anilines is 1. The van der Waals surface area contributed by atoms with Crippen LogP contribution in [0, 0.1) is 5.92 Å². The zero-order chi connectivity index (χ0) is 13.1. The predicted octanol–water partition coefficient (Wildman–Crippen LogP) is 3.19. The molecule has 0 unspecified atom stereocenters. The molecule has 0 radical (unpaired) electrons. The summed E-state index contributed by atoms with van der Waals surface area (Å²) in [6, 6.07) is 0. The summed E-state index contributed by atoms with van der Waals surface area (Å²) < 4.78 is 0. The molecule has 0 aromatic carbocycles. The van der Waals surface area contributed by atoms with Gasteiger partial charge in [0.05, 0.1) is 11.6 Å². The van der Waals surface area contributed by atoms with Crippen LogP contribution in [-0.4, -0.2) is 42.6 Å². The number of halogens is 1. The Morgan fingerprint density at radius 1 is 1.21 bits per heavy atom. The largest absolute Gasteiger partial charge is 0.348 e. The van der Waals surface area contributed by atoms with Crippen molar-refractivity contribution in [3.05, 3.63) is 11.1 Å². The number of hydrogen-bond donors (Lipinski definition) is 0. The van der Waals surface area contributed by atoms with E-state index in [2.05, 4.69) is 20.2 Å². The average molecular weight is 300 g/mol. The second-order valence-corrected chi connectivity index (χ2v) is 6.80. The molecule has 0 atom stereocenters. The topological polar surface area (TPSA) is 19.4 Å². The number of likely N-dealkylation sites (tertiary alicyclic amines) is 1. The molecule has 0 bridgehead atoms. The van der Waals surface area contributed by atoms with Crippen LogP contribution in [0.1, 0.15) is 31.4 Å². The molecule has 1 aromatic heterocycles. The molecule has 3 rings (SSSR count). The summed E-state index contributed by atoms with van der Waals surface area (Å²) in [4.78, 5) is 9.66. The maximum Gasteiger partial charge on any atom is 0.185 e. The molecule has 0 aliphatic carbocycles. The van der Waals surface area contributed by atoms with Crippen molar-refractivity contribution in [1.29, 1.82) is 0 Å². The highest BCUT2D eigenvalue weighted by Gasteiger charge is 2.24. The van der Waals surface area contributed by atoms with Crippen LogP contribution in [0.3, 0.4) is 0 Å². The smallest absolute Gasteiger partial charge is 0.185 e. The van der Waals surface area contributed by atoms with Crippen molar-refractivity contribution in [2.75, 3.05) is 37.6 Å². The Hall–Kier alpha value is -0.320. The fraction of sp³-hybridized carbons (Fsp3) is 0.786. The van der Waals surface area contributed by atoms with Gasteiger partial charge in [0.2, 0.25) is 0 Å². The highest BCUT2D eigenvalue weighted by Crippen LogP contribution is 2.27. The van der Waals surface area contributed by atoms with Crippen molar-refractivity contribution in [3.8, 4) is 0 Å². The quantitative estimate of drug-likeness (QED) is 0.796. The summed E-state index contributed by atoms with van der Waals surface area (Å²) in [5, 5.41) is 3.24. The molecule has 0 saturated carbocycles. The number of rotatable bonds is 4. The SMILES string of the molecule is ClCc1csc(N2CCC(CN3CCCC3)CC2)n1. The van der Waals surface area contributed by atoms with Crippen molar-refractivity contribution in [1.82, 2.24) is 9.88 Å². The van der Waals surface area contributed by atoms with Gasteiger partial charge in [-0.1, -0.05) is 0 Å². The van der Waals surface area contributed by atoms with Gasteiger partial charge >= 0.3 is 0 Å². The second kappa shape index (κ2) is 6.42. The van der Waals surface area contributed by atoms with Crippen LogP contribution in [0.4, 0.5) is 5.13 Å². The second-order valence-electron chi connectivity index (χ2n) is 5.69. The number of piperidine rings is 1. The monoisotopic (exact) mass is 299 g/mol. The van der Waals surface area contributed by atoms with E-state index in [0.717, 1.165) is 29.8 Å². The van der Waals surface area contributed by atoms with Gasteiger partial charge < -0.3 is 9.80 Å². The first kappa shape index (κ1) is 13.7. The van der Waals surface area contributed by atoms with Gasteiger partial charge in [-0.15, -0.1) is 22.9 Å². The van der Waals surface area contributed by atoms with Crippen LogP contribution in [0.2, 0.25) is 0 Å². The van der Waals surface area contributed by atoms with Gasteiger partial charge in [-0.2, -0.15) is 0 Å². The third kappa shape index (κ3) is 3.41. The summed E-state index contributed by atoms with van der Waals surface area (Å²) in [6.07, 6.45) is 5.43. The van der Waals surface area contributed by atoms with Crippen molar-refractivity contribution < 1.29 is 0 Å². The summed E-state index contributed by atoms with van der Waals surface area (Å²) >= 11 is 7.55. The van der Waals surface area contributed by atoms with Crippen LogP contribution in [0.15, 0.2) is 5.38 Å². The molecule has 2 saturated heterocycles. The standard InChI is InChI=1S/C14H22ClN3S/c15-9-13-11-19-14(16-13)18-7-3-12(4-8-18)10-17-5-1-2-6-17/h11-12H,1-10H2. The molecule has 2 aliphatic heterocycles. The first-order valence-corrected chi connectivity index (χ1v) is 8.74. The summed E-state index contributed by atoms with van der Waals surface area (Å²) in [7, 11) is 0. The number of thiazole rings is 1. The lowest BCUT2D eigenvalue weighted by atomic mass is 9.96. The lowest BCUT2D eigenvalue weighted by Gasteiger charge is -2.33. The highest BCUT2D eigenvalue weighted by atomic mass is 35.5. The van der Waals surface area contributed by atoms with E-state index in [1.165, 1.54) is 45.3 Å². The Morgan fingerprint density at radius 2 is 1.95 bits per heavy atom. The number of aromatic nitrogens is 1. The van der Waals surface area contributed by atoms with Crippen molar-refractivity contribution in [3.63, 3.8) is 0 Å². The van der Waals surface area contributed by atoms with Crippen molar-refractivity contribution in [2.24, 2.45) is 5.92 Å². The molecular formula is C14H22ClN3S. The normalized spacial score (nSPS) is 22.3. The fourth-order valence-corrected chi connectivity index (χ4v) is 4.25. The Kier molecular flexibility index (Phi) is 4.61. The van der Waals surface area contributed by atoms with Crippen LogP contribution >= 0.6 is 22.9 Å². The van der Waals surface area contributed by atoms with E-state index in [1.807, 2.05) is 0 Å². The molecule has 0 spiro atoms. The Labute approximate surface area is 124 Å². The van der Waals surface area contributed by atoms with Crippen molar-refractivity contribution in [2.45, 2.75) is 31.6 Å². The minimum Gasteiger partial charge on any atom is -0.348 e. The maximum atomic E-state index is 5.82. The van der Waals surface area contributed by atoms with Crippen LogP contribution in [0.5, 0.6) is 0 Å². The molecule has 19 heavy (non-hydrogen) atoms. The van der Waals surface area contributed by atoms with Crippen molar-refractivity contribution >= 4 is 28.1 Å². The van der Waals surface area contributed by atoms with Crippen LogP contribution in [-0.2, 0) is 5.88 Å². The van der Waals surface area contributed by atoms with Gasteiger partial charge in [-0.25, -0.2) is 4.98 Å². The zero-order valence-corrected chi connectivity index (χ0v) is 12.9. The molecule has 106 valence electrons. The van der Waals surface area contributed by atoms with Crippen LogP contribution in [0.25, 0.3) is 0 Å². The van der Waals surface area contributed by atoms with E-state index in [9.17, 15) is 0 Å². The van der Waals surface area contributed by atoms with Gasteiger partial charge in [-0.3, -0.25) is 0 Å². The molecule has 3 nitrogen and oxygen atoms in total. The van der Waals surface area contributed by atoms with Gasteiger partial charge in [0.25, 0.3) is 0 Å². The Morgan fingerprint density at radius 3 is 2.58 bits per heavy atom. The molecule has 5 heteroatoms.